The van der Waals surface area contributed by atoms with Crippen LogP contribution >= 0.6 is 43.2 Å². The molecule has 9 heteroatoms. The van der Waals surface area contributed by atoms with Crippen molar-refractivity contribution in [3.63, 3.8) is 0 Å². The second-order valence-corrected chi connectivity index (χ2v) is 7.48. The van der Waals surface area contributed by atoms with Gasteiger partial charge in [-0.2, -0.15) is 0 Å². The van der Waals surface area contributed by atoms with Gasteiger partial charge in [-0.3, -0.25) is 10.1 Å². The zero-order valence-corrected chi connectivity index (χ0v) is 14.4. The minimum absolute atomic E-state index is 0.0334. The molecule has 0 radical (unpaired) electrons. The van der Waals surface area contributed by atoms with E-state index in [2.05, 4.69) is 37.2 Å². The van der Waals surface area contributed by atoms with Crippen LogP contribution in [0.3, 0.4) is 0 Å². The Hall–Kier alpha value is -1.32. The fourth-order valence-corrected chi connectivity index (χ4v) is 4.00. The van der Waals surface area contributed by atoms with Crippen molar-refractivity contribution in [2.24, 2.45) is 0 Å². The first kappa shape index (κ1) is 14.6. The molecule has 6 nitrogen and oxygen atoms in total. The van der Waals surface area contributed by atoms with Gasteiger partial charge >= 0.3 is 0 Å². The number of benzene rings is 1. The van der Waals surface area contributed by atoms with Gasteiger partial charge in [0.1, 0.15) is 5.69 Å². The molecule has 0 saturated carbocycles. The summed E-state index contributed by atoms with van der Waals surface area (Å²) in [5.41, 5.74) is 0.374. The summed E-state index contributed by atoms with van der Waals surface area (Å²) in [6.07, 6.45) is 0. The minimum atomic E-state index is -0.440. The number of fused-ring (bicyclic) bond motifs is 1. The number of thiophene rings is 1. The van der Waals surface area contributed by atoms with E-state index in [1.165, 1.54) is 6.07 Å². The summed E-state index contributed by atoms with van der Waals surface area (Å²) in [6.45, 7) is 0.566. The highest BCUT2D eigenvalue weighted by Gasteiger charge is 2.23. The van der Waals surface area contributed by atoms with Gasteiger partial charge in [0.05, 0.1) is 14.8 Å². The zero-order chi connectivity index (χ0) is 15.0. The monoisotopic (exact) mass is 434 g/mol. The standard InChI is InChI=1S/C12H8Br2N2O4S/c13-7-1-6(21-12(7)14)4-15-8-2-10-11(20-5-19-10)3-9(8)16(17)18/h1-3,15H,4-5H2. The molecule has 21 heavy (non-hydrogen) atoms. The van der Waals surface area contributed by atoms with Crippen LogP contribution in [0, 0.1) is 10.1 Å². The topological polar surface area (TPSA) is 73.6 Å². The highest BCUT2D eigenvalue weighted by Crippen LogP contribution is 2.41. The maximum atomic E-state index is 11.1. The van der Waals surface area contributed by atoms with Gasteiger partial charge in [0.25, 0.3) is 5.69 Å². The molecular weight excluding hydrogens is 428 g/mol. The Morgan fingerprint density at radius 2 is 2.00 bits per heavy atom. The molecule has 0 amide bonds. The Bertz CT molecular complexity index is 700. The van der Waals surface area contributed by atoms with Crippen molar-refractivity contribution in [3.05, 3.63) is 41.4 Å². The second-order valence-electron chi connectivity index (χ2n) is 4.17. The van der Waals surface area contributed by atoms with Gasteiger partial charge < -0.3 is 14.8 Å². The highest BCUT2D eigenvalue weighted by molar-refractivity contribution is 9.13. The van der Waals surface area contributed by atoms with Gasteiger partial charge in [0, 0.05) is 22.0 Å². The molecule has 0 fully saturated rings. The molecule has 1 aliphatic heterocycles. The number of hydrogen-bond acceptors (Lipinski definition) is 6. The summed E-state index contributed by atoms with van der Waals surface area (Å²) in [7, 11) is 0. The molecule has 1 aromatic carbocycles. The minimum Gasteiger partial charge on any atom is -0.454 e. The molecule has 1 aliphatic rings. The first-order valence-corrected chi connectivity index (χ1v) is 8.20. The SMILES string of the molecule is O=[N+]([O-])c1cc2c(cc1NCc1cc(Br)c(Br)s1)OCO2. The third-order valence-corrected chi connectivity index (χ3v) is 6.09. The Morgan fingerprint density at radius 1 is 1.29 bits per heavy atom. The van der Waals surface area contributed by atoms with Crippen molar-refractivity contribution in [2.75, 3.05) is 12.1 Å². The molecule has 0 spiro atoms. The molecule has 0 saturated heterocycles. The number of nitro benzene ring substituents is 1. The van der Waals surface area contributed by atoms with Crippen molar-refractivity contribution in [3.8, 4) is 11.5 Å². The maximum absolute atomic E-state index is 11.1. The van der Waals surface area contributed by atoms with E-state index in [1.54, 1.807) is 17.4 Å². The van der Waals surface area contributed by atoms with Crippen molar-refractivity contribution < 1.29 is 14.4 Å². The van der Waals surface area contributed by atoms with Gasteiger partial charge in [0.2, 0.25) is 6.79 Å². The average Bonchev–Trinajstić information content (AvgIpc) is 3.02. The van der Waals surface area contributed by atoms with E-state index in [9.17, 15) is 10.1 Å². The van der Waals surface area contributed by atoms with Crippen LogP contribution in [0.1, 0.15) is 4.88 Å². The predicted molar refractivity (Wildman–Crippen MR) is 86.3 cm³/mol. The summed E-state index contributed by atoms with van der Waals surface area (Å²) in [5.74, 6) is 0.908. The highest BCUT2D eigenvalue weighted by atomic mass is 79.9. The van der Waals surface area contributed by atoms with E-state index < -0.39 is 4.92 Å². The first-order chi connectivity index (χ1) is 10.0. The number of ether oxygens (including phenoxy) is 2. The number of nitro groups is 1. The van der Waals surface area contributed by atoms with Gasteiger partial charge in [0.15, 0.2) is 11.5 Å². The number of nitrogens with one attached hydrogen (secondary N) is 1. The van der Waals surface area contributed by atoms with Crippen molar-refractivity contribution in [1.29, 1.82) is 0 Å². The van der Waals surface area contributed by atoms with Crippen LogP contribution in [0.15, 0.2) is 26.5 Å². The number of halogens is 2. The first-order valence-electron chi connectivity index (χ1n) is 5.80. The van der Waals surface area contributed by atoms with Gasteiger partial charge in [-0.1, -0.05) is 0 Å². The summed E-state index contributed by atoms with van der Waals surface area (Å²) in [4.78, 5) is 11.8. The van der Waals surface area contributed by atoms with Crippen molar-refractivity contribution >= 4 is 54.6 Å². The molecule has 3 rings (SSSR count). The number of rotatable bonds is 4. The third kappa shape index (κ3) is 2.99. The quantitative estimate of drug-likeness (QED) is 0.564. The molecule has 1 aromatic heterocycles. The van der Waals surface area contributed by atoms with E-state index in [-0.39, 0.29) is 12.5 Å². The number of anilines is 1. The number of hydrogen-bond donors (Lipinski definition) is 1. The van der Waals surface area contributed by atoms with Crippen LogP contribution in [0.5, 0.6) is 11.5 Å². The Balaban J connectivity index is 1.85. The zero-order valence-electron chi connectivity index (χ0n) is 10.4. The largest absolute Gasteiger partial charge is 0.454 e. The van der Waals surface area contributed by atoms with Gasteiger partial charge in [-0.05, 0) is 37.9 Å². The molecule has 0 atom stereocenters. The van der Waals surface area contributed by atoms with Crippen LogP contribution in [0.2, 0.25) is 0 Å². The van der Waals surface area contributed by atoms with E-state index in [1.807, 2.05) is 6.07 Å². The molecule has 1 N–H and O–H groups in total. The Morgan fingerprint density at radius 3 is 2.62 bits per heavy atom. The lowest BCUT2D eigenvalue weighted by atomic mass is 10.2. The molecule has 0 unspecified atom stereocenters. The Kier molecular flexibility index (Phi) is 4.05. The molecule has 0 bridgehead atoms. The van der Waals surface area contributed by atoms with Crippen LogP contribution in [0.4, 0.5) is 11.4 Å². The smallest absolute Gasteiger partial charge is 0.296 e. The number of nitrogens with zero attached hydrogens (tertiary/aromatic N) is 1. The van der Waals surface area contributed by atoms with Crippen LogP contribution < -0.4 is 14.8 Å². The lowest BCUT2D eigenvalue weighted by Crippen LogP contribution is -2.01. The lowest BCUT2D eigenvalue weighted by Gasteiger charge is -2.07. The average molecular weight is 436 g/mol. The summed E-state index contributed by atoms with van der Waals surface area (Å²) in [6, 6.07) is 4.93. The molecule has 2 heterocycles. The molecule has 2 aromatic rings. The van der Waals surface area contributed by atoms with Gasteiger partial charge in [-0.15, -0.1) is 11.3 Å². The van der Waals surface area contributed by atoms with Crippen molar-refractivity contribution in [2.45, 2.75) is 6.54 Å². The summed E-state index contributed by atoms with van der Waals surface area (Å²) >= 11 is 8.39. The Labute approximate surface area is 140 Å². The lowest BCUT2D eigenvalue weighted by molar-refractivity contribution is -0.384. The van der Waals surface area contributed by atoms with E-state index >= 15 is 0 Å². The van der Waals surface area contributed by atoms with E-state index in [0.717, 1.165) is 13.1 Å². The van der Waals surface area contributed by atoms with Gasteiger partial charge in [-0.25, -0.2) is 0 Å². The molecule has 110 valence electrons. The summed E-state index contributed by atoms with van der Waals surface area (Å²) < 4.78 is 12.4. The van der Waals surface area contributed by atoms with Crippen LogP contribution in [-0.2, 0) is 6.54 Å². The van der Waals surface area contributed by atoms with E-state index in [0.29, 0.717) is 23.7 Å². The molecule has 0 aliphatic carbocycles. The van der Waals surface area contributed by atoms with Crippen molar-refractivity contribution in [1.82, 2.24) is 0 Å². The third-order valence-electron chi connectivity index (χ3n) is 2.84. The van der Waals surface area contributed by atoms with E-state index in [4.69, 9.17) is 9.47 Å². The molecular formula is C12H8Br2N2O4S. The second kappa shape index (κ2) is 5.82. The van der Waals surface area contributed by atoms with Crippen LogP contribution in [-0.4, -0.2) is 11.7 Å². The maximum Gasteiger partial charge on any atom is 0.296 e. The van der Waals surface area contributed by atoms with Crippen LogP contribution in [0.25, 0.3) is 0 Å². The predicted octanol–water partition coefficient (Wildman–Crippen LogP) is 4.52. The summed E-state index contributed by atoms with van der Waals surface area (Å²) in [5, 5.41) is 14.2. The fourth-order valence-electron chi connectivity index (χ4n) is 1.88. The fraction of sp³-hybridized carbons (Fsp3) is 0.167. The normalized spacial score (nSPS) is 12.5.